The topological polar surface area (TPSA) is 61.8 Å². The summed E-state index contributed by atoms with van der Waals surface area (Å²) in [6.45, 7) is 9.72. The van der Waals surface area contributed by atoms with Gasteiger partial charge in [-0.3, -0.25) is 4.79 Å². The van der Waals surface area contributed by atoms with Crippen LogP contribution in [0.2, 0.25) is 0 Å². The van der Waals surface area contributed by atoms with Crippen LogP contribution in [-0.4, -0.2) is 42.5 Å². The Bertz CT molecular complexity index is 958. The Morgan fingerprint density at radius 2 is 1.78 bits per heavy atom. The van der Waals surface area contributed by atoms with Crippen LogP contribution in [0.1, 0.15) is 85.5 Å². The van der Waals surface area contributed by atoms with Crippen LogP contribution in [0.15, 0.2) is 0 Å². The molecule has 8 heteroatoms. The van der Waals surface area contributed by atoms with E-state index >= 15 is 0 Å². The number of alkyl halides is 3. The Balaban J connectivity index is 1.20. The predicted molar refractivity (Wildman–Crippen MR) is 128 cm³/mol. The lowest BCUT2D eigenvalue weighted by Gasteiger charge is -2.60. The average Bonchev–Trinajstić information content (AvgIpc) is 3.25. The molecule has 37 heavy (non-hydrogen) atoms. The summed E-state index contributed by atoms with van der Waals surface area (Å²) in [6, 6.07) is 0. The predicted octanol–water partition coefficient (Wildman–Crippen LogP) is 6.09. The standard InChI is InChI=1S/C29H41F3O5/c1-15-7-10-28(35-14-15)16(2)23-22(37-28)12-20-19-6-5-17-11-18(36-25(34)29(30,31)32)8-9-26(17,3)24(19)21(33)13-27(20,23)4/h15-20,22-24H,5-14H2,1-4H3/t15-,16+,17-,18+,19+,20-,22-,23+,24-,26+,27+,28-/m1/s1. The zero-order valence-corrected chi connectivity index (χ0v) is 22.4. The fourth-order valence-electron chi connectivity index (χ4n) is 10.4. The van der Waals surface area contributed by atoms with Gasteiger partial charge in [-0.1, -0.05) is 27.7 Å². The van der Waals surface area contributed by atoms with Crippen LogP contribution < -0.4 is 0 Å². The van der Waals surface area contributed by atoms with Crippen molar-refractivity contribution in [3.8, 4) is 0 Å². The Labute approximate surface area is 217 Å². The zero-order chi connectivity index (χ0) is 26.5. The van der Waals surface area contributed by atoms with E-state index in [0.29, 0.717) is 49.2 Å². The lowest BCUT2D eigenvalue weighted by atomic mass is 9.44. The number of hydrogen-bond acceptors (Lipinski definition) is 5. The van der Waals surface area contributed by atoms with Gasteiger partial charge in [-0.05, 0) is 85.4 Å². The number of ketones is 1. The molecule has 4 saturated carbocycles. The SMILES string of the molecule is C[C@@H]1CC[C@@]2(OC1)O[C@@H]1C[C@@H]3[C@@H]4CC[C@@H]5C[C@@H](OC(=O)C(F)(F)F)CC[C@]5(C)[C@H]4C(=O)C[C@]3(C)[C@H]1[C@@H]2C. The molecular weight excluding hydrogens is 485 g/mol. The Hall–Kier alpha value is -1.15. The minimum Gasteiger partial charge on any atom is -0.456 e. The van der Waals surface area contributed by atoms with Crippen LogP contribution in [0.25, 0.3) is 0 Å². The van der Waals surface area contributed by atoms with Gasteiger partial charge in [-0.15, -0.1) is 0 Å². The number of carbonyl (C=O) groups is 2. The molecule has 0 aromatic rings. The quantitative estimate of drug-likeness (QED) is 0.387. The van der Waals surface area contributed by atoms with Crippen LogP contribution in [0, 0.1) is 52.3 Å². The summed E-state index contributed by atoms with van der Waals surface area (Å²) in [7, 11) is 0. The first-order valence-corrected chi connectivity index (χ1v) is 14.4. The molecule has 6 aliphatic rings. The number of fused-ring (bicyclic) bond motifs is 7. The van der Waals surface area contributed by atoms with E-state index in [1.165, 1.54) is 0 Å². The average molecular weight is 527 g/mol. The van der Waals surface area contributed by atoms with E-state index in [4.69, 9.17) is 14.2 Å². The van der Waals surface area contributed by atoms with E-state index in [-0.39, 0.29) is 40.6 Å². The maximum Gasteiger partial charge on any atom is 0.490 e. The molecule has 0 radical (unpaired) electrons. The van der Waals surface area contributed by atoms with Crippen LogP contribution in [0.5, 0.6) is 0 Å². The summed E-state index contributed by atoms with van der Waals surface area (Å²) in [5.41, 5.74) is -0.364. The summed E-state index contributed by atoms with van der Waals surface area (Å²) in [4.78, 5) is 25.5. The molecule has 6 fully saturated rings. The van der Waals surface area contributed by atoms with Gasteiger partial charge in [-0.2, -0.15) is 13.2 Å². The van der Waals surface area contributed by atoms with Gasteiger partial charge in [0.2, 0.25) is 0 Å². The normalized spacial score (nSPS) is 53.3. The monoisotopic (exact) mass is 526 g/mol. The largest absolute Gasteiger partial charge is 0.490 e. The second kappa shape index (κ2) is 8.42. The fourth-order valence-corrected chi connectivity index (χ4v) is 10.4. The summed E-state index contributed by atoms with van der Waals surface area (Å²) < 4.78 is 56.3. The van der Waals surface area contributed by atoms with E-state index in [1.54, 1.807) is 0 Å². The third-order valence-electron chi connectivity index (χ3n) is 12.1. The maximum atomic E-state index is 14.0. The van der Waals surface area contributed by atoms with Gasteiger partial charge in [0.1, 0.15) is 11.9 Å². The van der Waals surface area contributed by atoms with Crippen LogP contribution in [0.3, 0.4) is 0 Å². The third kappa shape index (κ3) is 3.77. The molecule has 6 rings (SSSR count). The summed E-state index contributed by atoms with van der Waals surface area (Å²) in [6.07, 6.45) is 1.17. The second-order valence-corrected chi connectivity index (χ2v) is 13.9. The lowest BCUT2D eigenvalue weighted by molar-refractivity contribution is -0.272. The molecule has 0 aromatic heterocycles. The third-order valence-corrected chi connectivity index (χ3v) is 12.1. The molecule has 0 unspecified atom stereocenters. The molecule has 1 spiro atoms. The van der Waals surface area contributed by atoms with Crippen LogP contribution in [-0.2, 0) is 23.8 Å². The van der Waals surface area contributed by atoms with Crippen LogP contribution >= 0.6 is 0 Å². The van der Waals surface area contributed by atoms with Gasteiger partial charge in [0.25, 0.3) is 0 Å². The number of hydrogen-bond donors (Lipinski definition) is 0. The van der Waals surface area contributed by atoms with Gasteiger partial charge >= 0.3 is 12.1 Å². The Kier molecular flexibility index (Phi) is 5.94. The van der Waals surface area contributed by atoms with Gasteiger partial charge in [-0.25, -0.2) is 4.79 Å². The van der Waals surface area contributed by atoms with Crippen molar-refractivity contribution in [1.29, 1.82) is 0 Å². The molecular formula is C29H41F3O5. The highest BCUT2D eigenvalue weighted by molar-refractivity contribution is 5.84. The summed E-state index contributed by atoms with van der Waals surface area (Å²) in [5, 5.41) is 0. The number of Topliss-reactive ketones (excluding diaryl/α,β-unsaturated/α-hetero) is 1. The molecule has 2 aliphatic heterocycles. The minimum absolute atomic E-state index is 0.0709. The van der Waals surface area contributed by atoms with Crippen molar-refractivity contribution < 1.29 is 37.0 Å². The van der Waals surface area contributed by atoms with Crippen molar-refractivity contribution in [3.05, 3.63) is 0 Å². The van der Waals surface area contributed by atoms with Crippen molar-refractivity contribution >= 4 is 11.8 Å². The number of halogens is 3. The molecule has 4 aliphatic carbocycles. The Morgan fingerprint density at radius 1 is 1.03 bits per heavy atom. The molecule has 0 amide bonds. The van der Waals surface area contributed by atoms with Crippen molar-refractivity contribution in [2.75, 3.05) is 6.61 Å². The van der Waals surface area contributed by atoms with Crippen molar-refractivity contribution in [1.82, 2.24) is 0 Å². The molecule has 5 nitrogen and oxygen atoms in total. The van der Waals surface area contributed by atoms with Gasteiger partial charge in [0.15, 0.2) is 5.79 Å². The van der Waals surface area contributed by atoms with Gasteiger partial charge in [0, 0.05) is 24.7 Å². The highest BCUT2D eigenvalue weighted by atomic mass is 19.4. The summed E-state index contributed by atoms with van der Waals surface area (Å²) >= 11 is 0. The zero-order valence-electron chi connectivity index (χ0n) is 22.4. The highest BCUT2D eigenvalue weighted by Gasteiger charge is 2.70. The number of esters is 1. The van der Waals surface area contributed by atoms with Crippen molar-refractivity contribution in [2.24, 2.45) is 52.3 Å². The van der Waals surface area contributed by atoms with Crippen molar-refractivity contribution in [2.45, 2.75) is 110 Å². The fraction of sp³-hybridized carbons (Fsp3) is 0.931. The van der Waals surface area contributed by atoms with E-state index in [1.807, 2.05) is 0 Å². The molecule has 0 aromatic carbocycles. The van der Waals surface area contributed by atoms with Gasteiger partial charge in [0.05, 0.1) is 12.7 Å². The molecule has 2 saturated heterocycles. The number of carbonyl (C=O) groups excluding carboxylic acids is 2. The first kappa shape index (κ1) is 26.1. The van der Waals surface area contributed by atoms with E-state index in [2.05, 4.69) is 27.7 Å². The van der Waals surface area contributed by atoms with Crippen LogP contribution in [0.4, 0.5) is 13.2 Å². The smallest absolute Gasteiger partial charge is 0.456 e. The number of rotatable bonds is 1. The lowest BCUT2D eigenvalue weighted by Crippen LogP contribution is -2.58. The number of ether oxygens (including phenoxy) is 3. The minimum atomic E-state index is -4.97. The maximum absolute atomic E-state index is 14.0. The Morgan fingerprint density at radius 3 is 2.46 bits per heavy atom. The molecule has 0 bridgehead atoms. The van der Waals surface area contributed by atoms with E-state index < -0.39 is 24.0 Å². The highest BCUT2D eigenvalue weighted by Crippen LogP contribution is 2.70. The van der Waals surface area contributed by atoms with E-state index in [0.717, 1.165) is 38.7 Å². The summed E-state index contributed by atoms with van der Waals surface area (Å²) in [5.74, 6) is -0.464. The van der Waals surface area contributed by atoms with Crippen molar-refractivity contribution in [3.63, 3.8) is 0 Å². The first-order chi connectivity index (χ1) is 17.3. The molecule has 12 atom stereocenters. The molecule has 2 heterocycles. The van der Waals surface area contributed by atoms with Gasteiger partial charge < -0.3 is 14.2 Å². The molecule has 0 N–H and O–H groups in total. The van der Waals surface area contributed by atoms with E-state index in [9.17, 15) is 22.8 Å². The second-order valence-electron chi connectivity index (χ2n) is 13.9. The first-order valence-electron chi connectivity index (χ1n) is 14.4. The molecule has 208 valence electrons.